The molecule has 17 heavy (non-hydrogen) atoms. The first-order chi connectivity index (χ1) is 7.99. The van der Waals surface area contributed by atoms with Crippen LogP contribution in [0.15, 0.2) is 0 Å². The minimum absolute atomic E-state index is 0.195. The number of hydrogen-bond acceptors (Lipinski definition) is 4. The lowest BCUT2D eigenvalue weighted by Gasteiger charge is -2.11. The van der Waals surface area contributed by atoms with E-state index in [0.29, 0.717) is 31.5 Å². The van der Waals surface area contributed by atoms with Crippen LogP contribution >= 0.6 is 0 Å². The van der Waals surface area contributed by atoms with Gasteiger partial charge in [-0.15, -0.1) is 0 Å². The highest BCUT2D eigenvalue weighted by Crippen LogP contribution is 2.10. The van der Waals surface area contributed by atoms with E-state index >= 15 is 0 Å². The average molecular weight is 264 g/mol. The first-order valence-electron chi connectivity index (χ1n) is 6.28. The fourth-order valence-electron chi connectivity index (χ4n) is 1.71. The van der Waals surface area contributed by atoms with Crippen LogP contribution in [0, 0.1) is 5.92 Å². The minimum Gasteiger partial charge on any atom is -0.381 e. The summed E-state index contributed by atoms with van der Waals surface area (Å²) in [6.45, 7) is 6.78. The van der Waals surface area contributed by atoms with E-state index in [9.17, 15) is 8.42 Å². The Bertz CT molecular complexity index is 298. The summed E-state index contributed by atoms with van der Waals surface area (Å²) in [5, 5.41) is 3.20. The van der Waals surface area contributed by atoms with Gasteiger partial charge in [0.25, 0.3) is 0 Å². The van der Waals surface area contributed by atoms with Gasteiger partial charge >= 0.3 is 0 Å². The summed E-state index contributed by atoms with van der Waals surface area (Å²) in [6.07, 6.45) is 1.60. The fraction of sp³-hybridized carbons (Fsp3) is 1.00. The molecule has 1 heterocycles. The monoisotopic (exact) mass is 264 g/mol. The maximum absolute atomic E-state index is 11.7. The lowest BCUT2D eigenvalue weighted by molar-refractivity contribution is 0.186. The van der Waals surface area contributed by atoms with Crippen molar-refractivity contribution < 1.29 is 13.2 Å². The number of nitrogens with one attached hydrogen (secondary N) is 2. The predicted octanol–water partition coefficient (Wildman–Crippen LogP) is 0.330. The predicted molar refractivity (Wildman–Crippen MR) is 68.5 cm³/mol. The van der Waals surface area contributed by atoms with Crippen LogP contribution in [-0.2, 0) is 14.8 Å². The summed E-state index contributed by atoms with van der Waals surface area (Å²) in [6, 6.07) is 0.404. The van der Waals surface area contributed by atoms with Crippen molar-refractivity contribution in [2.24, 2.45) is 5.92 Å². The highest BCUT2D eigenvalue weighted by molar-refractivity contribution is 7.89. The fourth-order valence-corrected chi connectivity index (χ4v) is 2.87. The lowest BCUT2D eigenvalue weighted by atomic mass is 10.1. The van der Waals surface area contributed by atoms with Crippen molar-refractivity contribution in [3.63, 3.8) is 0 Å². The molecule has 1 saturated heterocycles. The molecule has 0 amide bonds. The van der Waals surface area contributed by atoms with Gasteiger partial charge < -0.3 is 10.1 Å². The van der Waals surface area contributed by atoms with Crippen molar-refractivity contribution in [3.8, 4) is 0 Å². The van der Waals surface area contributed by atoms with Crippen molar-refractivity contribution in [1.82, 2.24) is 10.0 Å². The van der Waals surface area contributed by atoms with Crippen LogP contribution in [0.4, 0.5) is 0 Å². The Balaban J connectivity index is 2.12. The first kappa shape index (κ1) is 14.9. The summed E-state index contributed by atoms with van der Waals surface area (Å²) in [5.74, 6) is 0.541. The Kier molecular flexibility index (Phi) is 6.40. The molecule has 1 rings (SSSR count). The summed E-state index contributed by atoms with van der Waals surface area (Å²) in [7, 11) is -3.11. The highest BCUT2D eigenvalue weighted by atomic mass is 32.2. The van der Waals surface area contributed by atoms with Crippen LogP contribution in [0.2, 0.25) is 0 Å². The van der Waals surface area contributed by atoms with E-state index in [0.717, 1.165) is 19.6 Å². The van der Waals surface area contributed by atoms with Gasteiger partial charge in [-0.25, -0.2) is 13.1 Å². The van der Waals surface area contributed by atoms with Gasteiger partial charge in [0, 0.05) is 19.2 Å². The second kappa shape index (κ2) is 7.31. The molecule has 0 saturated carbocycles. The Labute approximate surface area is 104 Å². The number of ether oxygens (including phenoxy) is 1. The van der Waals surface area contributed by atoms with Crippen molar-refractivity contribution in [3.05, 3.63) is 0 Å². The molecule has 0 aromatic heterocycles. The van der Waals surface area contributed by atoms with Gasteiger partial charge in [0.2, 0.25) is 10.0 Å². The lowest BCUT2D eigenvalue weighted by Crippen LogP contribution is -2.33. The average Bonchev–Trinajstić information content (AvgIpc) is 2.74. The Morgan fingerprint density at radius 1 is 1.41 bits per heavy atom. The second-order valence-electron chi connectivity index (χ2n) is 4.86. The molecule has 0 aromatic carbocycles. The topological polar surface area (TPSA) is 67.4 Å². The first-order valence-corrected chi connectivity index (χ1v) is 7.93. The van der Waals surface area contributed by atoms with Crippen LogP contribution in [0.3, 0.4) is 0 Å². The maximum Gasteiger partial charge on any atom is 0.211 e. The number of hydrogen-bond donors (Lipinski definition) is 2. The van der Waals surface area contributed by atoms with Gasteiger partial charge in [-0.05, 0) is 25.3 Å². The maximum atomic E-state index is 11.7. The van der Waals surface area contributed by atoms with Gasteiger partial charge in [0.15, 0.2) is 0 Å². The summed E-state index contributed by atoms with van der Waals surface area (Å²) < 4.78 is 31.2. The third-order valence-corrected chi connectivity index (χ3v) is 4.19. The summed E-state index contributed by atoms with van der Waals surface area (Å²) in [4.78, 5) is 0. The smallest absolute Gasteiger partial charge is 0.211 e. The van der Waals surface area contributed by atoms with E-state index in [4.69, 9.17) is 4.74 Å². The van der Waals surface area contributed by atoms with E-state index in [2.05, 4.69) is 10.0 Å². The molecule has 1 aliphatic heterocycles. The van der Waals surface area contributed by atoms with Crippen molar-refractivity contribution >= 4 is 10.0 Å². The highest BCUT2D eigenvalue weighted by Gasteiger charge is 2.18. The molecular weight excluding hydrogens is 240 g/mol. The van der Waals surface area contributed by atoms with Gasteiger partial charge in [-0.1, -0.05) is 13.8 Å². The molecular formula is C11H24N2O3S. The molecule has 0 aliphatic carbocycles. The third-order valence-electron chi connectivity index (χ3n) is 2.76. The Morgan fingerprint density at radius 3 is 2.76 bits per heavy atom. The van der Waals surface area contributed by atoms with Crippen LogP contribution in [0.1, 0.15) is 26.7 Å². The minimum atomic E-state index is -3.11. The van der Waals surface area contributed by atoms with Gasteiger partial charge in [-0.2, -0.15) is 0 Å². The molecule has 1 fully saturated rings. The van der Waals surface area contributed by atoms with E-state index < -0.39 is 10.0 Å². The van der Waals surface area contributed by atoms with Crippen LogP contribution in [0.5, 0.6) is 0 Å². The standard InChI is InChI=1S/C11H24N2O3S/c1-10(2)12-5-3-7-17(14,15)13-8-11-4-6-16-9-11/h10-13H,3-9H2,1-2H3. The molecule has 0 radical (unpaired) electrons. The second-order valence-corrected chi connectivity index (χ2v) is 6.79. The zero-order valence-electron chi connectivity index (χ0n) is 10.7. The zero-order chi connectivity index (χ0) is 12.7. The van der Waals surface area contributed by atoms with Crippen molar-refractivity contribution in [2.45, 2.75) is 32.7 Å². The summed E-state index contributed by atoms with van der Waals surface area (Å²) in [5.41, 5.74) is 0. The molecule has 1 aliphatic rings. The Hall–Kier alpha value is -0.170. The Morgan fingerprint density at radius 2 is 2.18 bits per heavy atom. The molecule has 0 spiro atoms. The quantitative estimate of drug-likeness (QED) is 0.620. The van der Waals surface area contributed by atoms with Gasteiger partial charge in [-0.3, -0.25) is 0 Å². The molecule has 2 N–H and O–H groups in total. The molecule has 6 heteroatoms. The van der Waals surface area contributed by atoms with E-state index in [1.165, 1.54) is 0 Å². The third kappa shape index (κ3) is 6.98. The van der Waals surface area contributed by atoms with Crippen molar-refractivity contribution in [2.75, 3.05) is 32.1 Å². The van der Waals surface area contributed by atoms with Crippen LogP contribution < -0.4 is 10.0 Å². The molecule has 5 nitrogen and oxygen atoms in total. The van der Waals surface area contributed by atoms with Crippen molar-refractivity contribution in [1.29, 1.82) is 0 Å². The molecule has 1 unspecified atom stereocenters. The van der Waals surface area contributed by atoms with Gasteiger partial charge in [0.1, 0.15) is 0 Å². The largest absolute Gasteiger partial charge is 0.381 e. The molecule has 0 aromatic rings. The van der Waals surface area contributed by atoms with E-state index in [1.54, 1.807) is 0 Å². The van der Waals surface area contributed by atoms with E-state index in [-0.39, 0.29) is 5.75 Å². The molecule has 102 valence electrons. The summed E-state index contributed by atoms with van der Waals surface area (Å²) >= 11 is 0. The SMILES string of the molecule is CC(C)NCCCS(=O)(=O)NCC1CCOC1. The molecule has 1 atom stereocenters. The van der Waals surface area contributed by atoms with E-state index in [1.807, 2.05) is 13.8 Å². The number of rotatable bonds is 8. The normalized spacial score (nSPS) is 21.2. The zero-order valence-corrected chi connectivity index (χ0v) is 11.6. The number of sulfonamides is 1. The van der Waals surface area contributed by atoms with Crippen LogP contribution in [-0.4, -0.2) is 46.5 Å². The van der Waals surface area contributed by atoms with Gasteiger partial charge in [0.05, 0.1) is 12.4 Å². The molecule has 0 bridgehead atoms. The van der Waals surface area contributed by atoms with Crippen LogP contribution in [0.25, 0.3) is 0 Å².